The van der Waals surface area contributed by atoms with Crippen LogP contribution in [0, 0.1) is 13.8 Å². The predicted octanol–water partition coefficient (Wildman–Crippen LogP) is 2.31. The summed E-state index contributed by atoms with van der Waals surface area (Å²) in [6.45, 7) is 9.28. The van der Waals surface area contributed by atoms with Crippen LogP contribution in [-0.4, -0.2) is 46.1 Å². The molecule has 1 heterocycles. The fourth-order valence-corrected chi connectivity index (χ4v) is 2.73. The first-order valence-electron chi connectivity index (χ1n) is 7.47. The van der Waals surface area contributed by atoms with E-state index in [1.54, 1.807) is 0 Å². The normalized spacial score (nSPS) is 11.6. The Balaban J connectivity index is 2.87. The number of aliphatic hydroxyl groups excluding tert-OH is 1. The monoisotopic (exact) mass is 280 g/mol. The number of aryl methyl sites for hydroxylation is 1. The van der Waals surface area contributed by atoms with Crippen LogP contribution in [0.1, 0.15) is 48.4 Å². The Kier molecular flexibility index (Phi) is 6.43. The average molecular weight is 280 g/mol. The molecule has 4 heteroatoms. The quantitative estimate of drug-likeness (QED) is 0.743. The first kappa shape index (κ1) is 16.9. The second kappa shape index (κ2) is 7.60. The standard InChI is InChI=1S/C16H28N2O2/c1-6-14(7-2)18(8-9-19)11-16(20)15-10-12(3)17(5)13(15)4/h10,14,19H,6-9,11H2,1-5H3. The van der Waals surface area contributed by atoms with Gasteiger partial charge in [-0.25, -0.2) is 0 Å². The van der Waals surface area contributed by atoms with E-state index in [-0.39, 0.29) is 12.4 Å². The molecule has 0 radical (unpaired) electrons. The van der Waals surface area contributed by atoms with Crippen LogP contribution in [0.25, 0.3) is 0 Å². The van der Waals surface area contributed by atoms with E-state index in [1.807, 2.05) is 31.5 Å². The fraction of sp³-hybridized carbons (Fsp3) is 0.688. The first-order chi connectivity index (χ1) is 9.46. The number of aliphatic hydroxyl groups is 1. The number of nitrogens with zero attached hydrogens (tertiary/aromatic N) is 2. The van der Waals surface area contributed by atoms with Crippen molar-refractivity contribution in [3.63, 3.8) is 0 Å². The van der Waals surface area contributed by atoms with Gasteiger partial charge in [-0.15, -0.1) is 0 Å². The van der Waals surface area contributed by atoms with Crippen molar-refractivity contribution < 1.29 is 9.90 Å². The molecule has 0 saturated heterocycles. The van der Waals surface area contributed by atoms with Gasteiger partial charge in [-0.05, 0) is 32.8 Å². The smallest absolute Gasteiger partial charge is 0.178 e. The number of carbonyl (C=O) groups excluding carboxylic acids is 1. The molecule has 0 aromatic carbocycles. The van der Waals surface area contributed by atoms with Crippen molar-refractivity contribution in [1.29, 1.82) is 0 Å². The molecule has 1 aromatic heterocycles. The molecule has 0 aliphatic heterocycles. The van der Waals surface area contributed by atoms with Crippen LogP contribution in [0.4, 0.5) is 0 Å². The Hall–Kier alpha value is -1.13. The van der Waals surface area contributed by atoms with Crippen LogP contribution in [0.15, 0.2) is 6.07 Å². The van der Waals surface area contributed by atoms with Crippen LogP contribution in [0.5, 0.6) is 0 Å². The van der Waals surface area contributed by atoms with Crippen molar-refractivity contribution in [2.24, 2.45) is 7.05 Å². The zero-order valence-electron chi connectivity index (χ0n) is 13.4. The van der Waals surface area contributed by atoms with Crippen LogP contribution in [0.3, 0.4) is 0 Å². The Morgan fingerprint density at radius 2 is 1.95 bits per heavy atom. The van der Waals surface area contributed by atoms with Gasteiger partial charge >= 0.3 is 0 Å². The molecule has 0 spiro atoms. The molecule has 114 valence electrons. The van der Waals surface area contributed by atoms with E-state index < -0.39 is 0 Å². The molecule has 0 amide bonds. The molecular formula is C16H28N2O2. The molecule has 0 bridgehead atoms. The molecule has 1 rings (SSSR count). The minimum absolute atomic E-state index is 0.0938. The highest BCUT2D eigenvalue weighted by molar-refractivity contribution is 5.99. The van der Waals surface area contributed by atoms with Crippen molar-refractivity contribution in [2.75, 3.05) is 19.7 Å². The summed E-state index contributed by atoms with van der Waals surface area (Å²) in [6.07, 6.45) is 1.99. The number of Topliss-reactive ketones (excluding diaryl/α,β-unsaturated/α-hetero) is 1. The van der Waals surface area contributed by atoms with Gasteiger partial charge in [-0.1, -0.05) is 13.8 Å². The second-order valence-corrected chi connectivity index (χ2v) is 5.43. The lowest BCUT2D eigenvalue weighted by Crippen LogP contribution is -2.40. The van der Waals surface area contributed by atoms with Crippen LogP contribution in [-0.2, 0) is 7.05 Å². The van der Waals surface area contributed by atoms with Crippen molar-refractivity contribution in [3.8, 4) is 0 Å². The van der Waals surface area contributed by atoms with Gasteiger partial charge in [0, 0.05) is 36.6 Å². The van der Waals surface area contributed by atoms with Crippen molar-refractivity contribution in [2.45, 2.75) is 46.6 Å². The lowest BCUT2D eigenvalue weighted by Gasteiger charge is -2.29. The summed E-state index contributed by atoms with van der Waals surface area (Å²) in [6, 6.07) is 2.32. The minimum Gasteiger partial charge on any atom is -0.395 e. The number of hydrogen-bond donors (Lipinski definition) is 1. The Morgan fingerprint density at radius 3 is 2.35 bits per heavy atom. The van der Waals surface area contributed by atoms with E-state index in [0.717, 1.165) is 29.8 Å². The molecule has 0 saturated carbocycles. The molecular weight excluding hydrogens is 252 g/mol. The van der Waals surface area contributed by atoms with Crippen LogP contribution in [0.2, 0.25) is 0 Å². The van der Waals surface area contributed by atoms with Gasteiger partial charge in [0.05, 0.1) is 13.2 Å². The van der Waals surface area contributed by atoms with Gasteiger partial charge < -0.3 is 9.67 Å². The van der Waals surface area contributed by atoms with Gasteiger partial charge in [0.15, 0.2) is 5.78 Å². The van der Waals surface area contributed by atoms with E-state index in [1.165, 1.54) is 0 Å². The number of aromatic nitrogens is 1. The third-order valence-corrected chi connectivity index (χ3v) is 4.27. The van der Waals surface area contributed by atoms with E-state index in [9.17, 15) is 9.90 Å². The summed E-state index contributed by atoms with van der Waals surface area (Å²) < 4.78 is 2.04. The average Bonchev–Trinajstić information content (AvgIpc) is 2.68. The van der Waals surface area contributed by atoms with Crippen LogP contribution >= 0.6 is 0 Å². The lowest BCUT2D eigenvalue weighted by molar-refractivity contribution is 0.0849. The summed E-state index contributed by atoms with van der Waals surface area (Å²) in [5.74, 6) is 0.145. The Labute approximate surface area is 122 Å². The maximum Gasteiger partial charge on any atom is 0.178 e. The highest BCUT2D eigenvalue weighted by Gasteiger charge is 2.21. The third-order valence-electron chi connectivity index (χ3n) is 4.27. The summed E-state index contributed by atoms with van der Waals surface area (Å²) in [5.41, 5.74) is 2.92. The van der Waals surface area contributed by atoms with Gasteiger partial charge in [-0.2, -0.15) is 0 Å². The molecule has 20 heavy (non-hydrogen) atoms. The van der Waals surface area contributed by atoms with E-state index in [4.69, 9.17) is 0 Å². The summed E-state index contributed by atoms with van der Waals surface area (Å²) >= 11 is 0. The largest absolute Gasteiger partial charge is 0.395 e. The van der Waals surface area contributed by atoms with Crippen molar-refractivity contribution in [3.05, 3.63) is 23.0 Å². The van der Waals surface area contributed by atoms with Crippen molar-refractivity contribution >= 4 is 5.78 Å². The minimum atomic E-state index is 0.0938. The molecule has 0 aliphatic carbocycles. The lowest BCUT2D eigenvalue weighted by atomic mass is 10.1. The number of hydrogen-bond acceptors (Lipinski definition) is 3. The zero-order chi connectivity index (χ0) is 15.3. The molecule has 0 aliphatic rings. The molecule has 4 nitrogen and oxygen atoms in total. The predicted molar refractivity (Wildman–Crippen MR) is 82.2 cm³/mol. The first-order valence-corrected chi connectivity index (χ1v) is 7.47. The van der Waals surface area contributed by atoms with E-state index in [0.29, 0.717) is 19.1 Å². The molecule has 1 N–H and O–H groups in total. The number of carbonyl (C=O) groups is 1. The van der Waals surface area contributed by atoms with Gasteiger partial charge in [0.25, 0.3) is 0 Å². The number of rotatable bonds is 8. The van der Waals surface area contributed by atoms with Gasteiger partial charge in [0.1, 0.15) is 0 Å². The summed E-state index contributed by atoms with van der Waals surface area (Å²) in [4.78, 5) is 14.6. The second-order valence-electron chi connectivity index (χ2n) is 5.43. The highest BCUT2D eigenvalue weighted by Crippen LogP contribution is 2.16. The summed E-state index contributed by atoms with van der Waals surface area (Å²) in [7, 11) is 1.98. The third kappa shape index (κ3) is 3.70. The molecule has 0 atom stereocenters. The summed E-state index contributed by atoms with van der Waals surface area (Å²) in [5, 5.41) is 9.21. The van der Waals surface area contributed by atoms with Gasteiger partial charge in [0.2, 0.25) is 0 Å². The highest BCUT2D eigenvalue weighted by atomic mass is 16.3. The molecule has 1 aromatic rings. The molecule has 0 unspecified atom stereocenters. The van der Waals surface area contributed by atoms with Gasteiger partial charge in [-0.3, -0.25) is 9.69 Å². The van der Waals surface area contributed by atoms with E-state index >= 15 is 0 Å². The molecule has 0 fully saturated rings. The SMILES string of the molecule is CCC(CC)N(CCO)CC(=O)c1cc(C)n(C)c1C. The Morgan fingerprint density at radius 1 is 1.35 bits per heavy atom. The zero-order valence-corrected chi connectivity index (χ0v) is 13.4. The fourth-order valence-electron chi connectivity index (χ4n) is 2.73. The maximum absolute atomic E-state index is 12.5. The topological polar surface area (TPSA) is 45.5 Å². The Bertz CT molecular complexity index is 448. The number of ketones is 1. The van der Waals surface area contributed by atoms with Crippen molar-refractivity contribution in [1.82, 2.24) is 9.47 Å². The van der Waals surface area contributed by atoms with E-state index in [2.05, 4.69) is 18.7 Å². The maximum atomic E-state index is 12.5. The van der Waals surface area contributed by atoms with Crippen LogP contribution < -0.4 is 0 Å².